The van der Waals surface area contributed by atoms with Crippen molar-refractivity contribution in [3.63, 3.8) is 0 Å². The van der Waals surface area contributed by atoms with Crippen molar-refractivity contribution in [2.45, 2.75) is 77.0 Å². The molecule has 0 radical (unpaired) electrons. The molecule has 0 N–H and O–H groups in total. The van der Waals surface area contributed by atoms with E-state index >= 15 is 0 Å². The fourth-order valence-corrected chi connectivity index (χ4v) is 19.3. The highest BCUT2D eigenvalue weighted by molar-refractivity contribution is 6.34. The van der Waals surface area contributed by atoms with Gasteiger partial charge in [0.2, 0.25) is 0 Å². The summed E-state index contributed by atoms with van der Waals surface area (Å²) in [5.41, 5.74) is 23.6. The van der Waals surface area contributed by atoms with Gasteiger partial charge in [-0.1, -0.05) is 286 Å². The van der Waals surface area contributed by atoms with Crippen molar-refractivity contribution in [1.82, 2.24) is 0 Å². The normalized spacial score (nSPS) is 15.9. The average molecular weight is 1120 g/mol. The first kappa shape index (κ1) is 49.3. The summed E-state index contributed by atoms with van der Waals surface area (Å²) < 4.78 is 0. The van der Waals surface area contributed by atoms with E-state index in [0.29, 0.717) is 0 Å². The largest absolute Gasteiger partial charge is 0.0616 e. The summed E-state index contributed by atoms with van der Waals surface area (Å²) in [7, 11) is 0. The highest BCUT2D eigenvalue weighted by atomic mass is 14.5. The van der Waals surface area contributed by atoms with Gasteiger partial charge in [-0.15, -0.1) is 0 Å². The van der Waals surface area contributed by atoms with Crippen LogP contribution in [0.15, 0.2) is 231 Å². The monoisotopic (exact) mass is 1120 g/mol. The van der Waals surface area contributed by atoms with Crippen LogP contribution < -0.4 is 0 Å². The predicted molar refractivity (Wildman–Crippen MR) is 377 cm³/mol. The maximum Gasteiger partial charge on any atom is 0.0165 e. The van der Waals surface area contributed by atoms with Crippen LogP contribution in [0.4, 0.5) is 0 Å². The highest BCUT2D eigenvalue weighted by Gasteiger charge is 2.48. The van der Waals surface area contributed by atoms with Crippen molar-refractivity contribution < 1.29 is 0 Å². The van der Waals surface area contributed by atoms with Crippen LogP contribution in [0.5, 0.6) is 0 Å². The molecular formula is C88H62. The summed E-state index contributed by atoms with van der Waals surface area (Å²) >= 11 is 0. The van der Waals surface area contributed by atoms with E-state index in [0.717, 1.165) is 0 Å². The Kier molecular flexibility index (Phi) is 9.06. The molecule has 0 atom stereocenters. The fraction of sp³-hybridized carbons (Fsp3) is 0.136. The molecule has 16 aromatic rings. The zero-order valence-corrected chi connectivity index (χ0v) is 50.9. The van der Waals surface area contributed by atoms with Crippen LogP contribution in [0.25, 0.3) is 163 Å². The Balaban J connectivity index is 0.957. The van der Waals surface area contributed by atoms with Gasteiger partial charge in [0.05, 0.1) is 0 Å². The minimum atomic E-state index is -0.351. The van der Waals surface area contributed by atoms with E-state index in [1.165, 1.54) is 208 Å². The molecule has 0 unspecified atom stereocenters. The topological polar surface area (TPSA) is 0 Å². The Bertz CT molecular complexity index is 5650. The molecule has 4 aliphatic carbocycles. The van der Waals surface area contributed by atoms with Gasteiger partial charge < -0.3 is 0 Å². The van der Waals surface area contributed by atoms with Gasteiger partial charge in [0, 0.05) is 21.7 Å². The van der Waals surface area contributed by atoms with Crippen molar-refractivity contribution in [2.75, 3.05) is 0 Å². The molecule has 4 aliphatic rings. The minimum absolute atomic E-state index is 0.335. The summed E-state index contributed by atoms with van der Waals surface area (Å²) in [6, 6.07) is 89.7. The second-order valence-corrected chi connectivity index (χ2v) is 28.4. The van der Waals surface area contributed by atoms with Crippen molar-refractivity contribution >= 4 is 108 Å². The molecule has 0 amide bonds. The summed E-state index contributed by atoms with van der Waals surface area (Å²) in [6.45, 7) is 20.2. The van der Waals surface area contributed by atoms with Crippen LogP contribution in [0, 0.1) is 0 Å². The predicted octanol–water partition coefficient (Wildman–Crippen LogP) is 24.1. The molecule has 88 heavy (non-hydrogen) atoms. The van der Waals surface area contributed by atoms with Gasteiger partial charge in [0.1, 0.15) is 0 Å². The zero-order chi connectivity index (χ0) is 58.8. The molecule has 0 aromatic heterocycles. The van der Waals surface area contributed by atoms with Crippen LogP contribution in [-0.4, -0.2) is 0 Å². The van der Waals surface area contributed by atoms with E-state index in [-0.39, 0.29) is 21.7 Å². The van der Waals surface area contributed by atoms with Crippen LogP contribution in [0.3, 0.4) is 0 Å². The van der Waals surface area contributed by atoms with Gasteiger partial charge in [0.15, 0.2) is 0 Å². The fourth-order valence-electron chi connectivity index (χ4n) is 19.3. The first-order valence-corrected chi connectivity index (χ1v) is 31.8. The Hall–Kier alpha value is -9.88. The molecule has 0 bridgehead atoms. The molecular weight excluding hydrogens is 1060 g/mol. The number of rotatable bonds is 3. The molecule has 0 aliphatic heterocycles. The molecule has 16 aromatic carbocycles. The van der Waals surface area contributed by atoms with Gasteiger partial charge in [-0.25, -0.2) is 0 Å². The van der Waals surface area contributed by atoms with Gasteiger partial charge >= 0.3 is 0 Å². The summed E-state index contributed by atoms with van der Waals surface area (Å²) in [5, 5.41) is 26.8. The molecule has 0 saturated heterocycles. The van der Waals surface area contributed by atoms with Crippen molar-refractivity contribution in [3.8, 4) is 55.6 Å². The van der Waals surface area contributed by atoms with E-state index in [1.54, 1.807) is 0 Å². The Labute approximate surface area is 512 Å². The van der Waals surface area contributed by atoms with Gasteiger partial charge in [-0.2, -0.15) is 0 Å². The number of fused-ring (bicyclic) bond motifs is 10. The maximum atomic E-state index is 2.57. The maximum absolute atomic E-state index is 2.57. The van der Waals surface area contributed by atoms with Crippen LogP contribution in [-0.2, 0) is 21.7 Å². The Morgan fingerprint density at radius 3 is 0.693 bits per heavy atom. The third kappa shape index (κ3) is 5.63. The van der Waals surface area contributed by atoms with Crippen LogP contribution >= 0.6 is 0 Å². The van der Waals surface area contributed by atoms with Gasteiger partial charge in [0.25, 0.3) is 0 Å². The summed E-state index contributed by atoms with van der Waals surface area (Å²) in [4.78, 5) is 0. The SMILES string of the molecule is CC1(C)c2ccc3c(-c4c5ccccc5c5c6c7c(ccc46)C(C)(C)c4c6ccccc6c(-c6cccc8ccccc68)c6ccc(c-7c46)C5(C)C)c4ccccc4c4c3c2-c2c(ccc3c(-c5cccc6ccccc56)c5ccccc5c1c23)C4(C)C. The lowest BCUT2D eigenvalue weighted by Crippen LogP contribution is -2.31. The molecule has 414 valence electrons. The van der Waals surface area contributed by atoms with Gasteiger partial charge in [-0.05, 0) is 208 Å². The zero-order valence-electron chi connectivity index (χ0n) is 50.9. The van der Waals surface area contributed by atoms with E-state index in [1.807, 2.05) is 0 Å². The molecule has 0 nitrogen and oxygen atoms in total. The standard InChI is InChI=1S/C88H62/c1-85(2)67-45-41-63-71(55-31-15-19-35-59(55)83-75(63)79(67)77-65(87(83,5)6)43-39-61-69(51-37-21-25-47-23-9-11-27-49(47)51)53-29-13-17-33-57(53)81(85)73(61)77)72-56-32-16-20-36-60(56)84-76-64(72)42-46-68-80(76)78-66(88(84,7)8)44-40-62-70(52-38-22-26-48-24-10-12-28-50(48)52)54-30-14-18-34-58(54)82(74(62)78)86(68,3)4/h9-46H,1-8H3. The number of hydrogen-bond donors (Lipinski definition) is 0. The third-order valence-corrected chi connectivity index (χ3v) is 22.8. The Morgan fingerprint density at radius 2 is 0.398 bits per heavy atom. The lowest BCUT2D eigenvalue weighted by atomic mass is 9.57. The lowest BCUT2D eigenvalue weighted by molar-refractivity contribution is 0.633. The minimum Gasteiger partial charge on any atom is -0.0616 e. The highest BCUT2D eigenvalue weighted by Crippen LogP contribution is 2.67. The molecule has 0 heteroatoms. The molecule has 20 rings (SSSR count). The average Bonchev–Trinajstić information content (AvgIpc) is 0.706. The smallest absolute Gasteiger partial charge is 0.0165 e. The van der Waals surface area contributed by atoms with E-state index < -0.39 is 0 Å². The first-order valence-electron chi connectivity index (χ1n) is 31.8. The second kappa shape index (κ2) is 16.2. The number of hydrogen-bond acceptors (Lipinski definition) is 0. The lowest BCUT2D eigenvalue weighted by Gasteiger charge is -2.45. The summed E-state index contributed by atoms with van der Waals surface area (Å²) in [5.74, 6) is 0. The molecule has 0 saturated carbocycles. The molecule has 0 spiro atoms. The van der Waals surface area contributed by atoms with Crippen molar-refractivity contribution in [2.24, 2.45) is 0 Å². The van der Waals surface area contributed by atoms with E-state index in [4.69, 9.17) is 0 Å². The second-order valence-electron chi connectivity index (χ2n) is 28.4. The van der Waals surface area contributed by atoms with Gasteiger partial charge in [-0.3, -0.25) is 0 Å². The molecule has 0 heterocycles. The van der Waals surface area contributed by atoms with Crippen molar-refractivity contribution in [1.29, 1.82) is 0 Å². The summed E-state index contributed by atoms with van der Waals surface area (Å²) in [6.07, 6.45) is 0. The van der Waals surface area contributed by atoms with Crippen LogP contribution in [0.2, 0.25) is 0 Å². The van der Waals surface area contributed by atoms with E-state index in [2.05, 4.69) is 286 Å². The quantitative estimate of drug-likeness (QED) is 0.155. The number of benzene rings is 16. The van der Waals surface area contributed by atoms with Crippen LogP contribution in [0.1, 0.15) is 99.9 Å². The van der Waals surface area contributed by atoms with E-state index in [9.17, 15) is 0 Å². The third-order valence-electron chi connectivity index (χ3n) is 22.8. The van der Waals surface area contributed by atoms with Crippen molar-refractivity contribution in [3.05, 3.63) is 275 Å². The molecule has 0 fully saturated rings. The first-order chi connectivity index (χ1) is 42.8. The Morgan fingerprint density at radius 1 is 0.170 bits per heavy atom.